The number of phenolic OH excluding ortho intramolecular Hbond substituents is 2. The van der Waals surface area contributed by atoms with E-state index in [2.05, 4.69) is 22.5 Å². The predicted molar refractivity (Wildman–Crippen MR) is 75.8 cm³/mol. The van der Waals surface area contributed by atoms with Crippen LogP contribution in [-0.2, 0) is 27.9 Å². The smallest absolute Gasteiger partial charge is 0.564 e. The van der Waals surface area contributed by atoms with Crippen LogP contribution in [0, 0.1) is 0 Å². The summed E-state index contributed by atoms with van der Waals surface area (Å²) >= 11 is 1.01. The zero-order valence-corrected chi connectivity index (χ0v) is 16.2. The predicted octanol–water partition coefficient (Wildman–Crippen LogP) is -0.913. The van der Waals surface area contributed by atoms with Gasteiger partial charge in [-0.05, 0) is 48.5 Å². The van der Waals surface area contributed by atoms with E-state index in [4.69, 9.17) is 19.3 Å². The molecular weight excluding hydrogens is 357 g/mol. The Morgan fingerprint density at radius 3 is 1.86 bits per heavy atom. The summed E-state index contributed by atoms with van der Waals surface area (Å²) in [4.78, 5) is 5.17. The minimum atomic E-state index is -1.82. The number of aromatic hydroxyl groups is 2. The van der Waals surface area contributed by atoms with E-state index < -0.39 is 11.1 Å². The number of rotatable bonds is 5. The van der Waals surface area contributed by atoms with E-state index in [1.54, 1.807) is 0 Å². The van der Waals surface area contributed by atoms with Gasteiger partial charge in [0.05, 0.1) is 4.90 Å². The van der Waals surface area contributed by atoms with Crippen LogP contribution in [0.25, 0.3) is 5.64 Å². The van der Waals surface area contributed by atoms with Crippen LogP contribution < -0.4 is 56.2 Å². The van der Waals surface area contributed by atoms with Crippen molar-refractivity contribution in [3.05, 3.63) is 54.2 Å². The summed E-state index contributed by atoms with van der Waals surface area (Å²) in [6, 6.07) is 11.5. The van der Waals surface area contributed by atoms with Gasteiger partial charge in [0.15, 0.2) is 23.6 Å². The van der Waals surface area contributed by atoms with Gasteiger partial charge in [-0.25, -0.2) is 4.21 Å². The first-order valence-electron chi connectivity index (χ1n) is 5.36. The van der Waals surface area contributed by atoms with Gasteiger partial charge in [-0.2, -0.15) is 4.21 Å². The molecule has 0 amide bonds. The Hall–Kier alpha value is -0.434. The van der Waals surface area contributed by atoms with Gasteiger partial charge in [0.25, 0.3) is 0 Å². The molecule has 0 aliphatic heterocycles. The molecule has 0 spiro atoms. The van der Waals surface area contributed by atoms with Gasteiger partial charge in [-0.15, -0.1) is 0 Å². The summed E-state index contributed by atoms with van der Waals surface area (Å²) in [5.41, 5.74) is 3.23. The van der Waals surface area contributed by atoms with Crippen LogP contribution in [0.2, 0.25) is 0 Å². The molecule has 10 heteroatoms. The van der Waals surface area contributed by atoms with Crippen LogP contribution in [0.1, 0.15) is 0 Å². The first kappa shape index (κ1) is 21.6. The van der Waals surface area contributed by atoms with Crippen molar-refractivity contribution < 1.29 is 79.1 Å². The number of nitrogens with zero attached hydrogens (tertiary/aromatic N) is 1. The normalized spacial score (nSPS) is 10.5. The van der Waals surface area contributed by atoms with Crippen molar-refractivity contribution in [1.82, 2.24) is 0 Å². The molecule has 0 fully saturated rings. The maximum absolute atomic E-state index is 11.6. The largest absolute Gasteiger partial charge is 1.00 e. The van der Waals surface area contributed by atoms with Gasteiger partial charge in [-0.1, -0.05) is 0 Å². The fraction of sp³-hybridized carbons (Fsp3) is 0. The Morgan fingerprint density at radius 1 is 0.909 bits per heavy atom. The maximum atomic E-state index is 11.6. The summed E-state index contributed by atoms with van der Waals surface area (Å²) in [7, 11) is 0. The molecular formula is C12H10KNO6S2. The molecule has 0 aliphatic carbocycles. The van der Waals surface area contributed by atoms with Gasteiger partial charge in [0, 0.05) is 0 Å². The van der Waals surface area contributed by atoms with E-state index in [0.717, 1.165) is 0 Å². The molecule has 7 nitrogen and oxygen atoms in total. The topological polar surface area (TPSA) is 107 Å². The van der Waals surface area contributed by atoms with Gasteiger partial charge in [0.1, 0.15) is 17.2 Å². The van der Waals surface area contributed by atoms with Crippen molar-refractivity contribution in [2.45, 2.75) is 4.90 Å². The molecule has 1 atom stereocenters. The van der Waals surface area contributed by atoms with E-state index in [-0.39, 0.29) is 62.9 Å². The zero-order valence-electron chi connectivity index (χ0n) is 11.4. The molecule has 1 unspecified atom stereocenters. The van der Waals surface area contributed by atoms with Crippen molar-refractivity contribution in [2.24, 2.45) is 0 Å². The quantitative estimate of drug-likeness (QED) is 0.520. The molecule has 0 aliphatic rings. The monoisotopic (exact) mass is 367 g/mol. The van der Waals surface area contributed by atoms with Crippen molar-refractivity contribution in [2.75, 3.05) is 0 Å². The number of phenols is 2. The summed E-state index contributed by atoms with van der Waals surface area (Å²) in [6.07, 6.45) is 0. The standard InChI is InChI=1S/C12H10NO5S.K.OS/c14-9-1-5-11(6-2-9)17-13-18-19(16)12-7-3-10(15)4-8-12;;1-2/h1-8,14-15H;;/q-1;+1;. The Morgan fingerprint density at radius 2 is 1.36 bits per heavy atom. The Kier molecular flexibility index (Phi) is 11.8. The van der Waals surface area contributed by atoms with Gasteiger partial charge < -0.3 is 25.0 Å². The summed E-state index contributed by atoms with van der Waals surface area (Å²) in [5, 5.41) is 18.1. The molecule has 0 radical (unpaired) electrons. The molecule has 2 N–H and O–H groups in total. The van der Waals surface area contributed by atoms with Crippen LogP contribution >= 0.6 is 0 Å². The van der Waals surface area contributed by atoms with Gasteiger partial charge in [-0.3, -0.25) is 0 Å². The van der Waals surface area contributed by atoms with Crippen LogP contribution in [0.4, 0.5) is 0 Å². The van der Waals surface area contributed by atoms with Crippen molar-refractivity contribution in [3.8, 4) is 17.2 Å². The van der Waals surface area contributed by atoms with Gasteiger partial charge in [0.2, 0.25) is 0 Å². The van der Waals surface area contributed by atoms with Crippen molar-refractivity contribution in [1.29, 1.82) is 0 Å². The molecule has 22 heavy (non-hydrogen) atoms. The molecule has 2 aromatic rings. The summed E-state index contributed by atoms with van der Waals surface area (Å²) in [5.74, 6) is 0.500. The summed E-state index contributed by atoms with van der Waals surface area (Å²) < 4.78 is 24.1. The second kappa shape index (κ2) is 12.0. The van der Waals surface area contributed by atoms with E-state index >= 15 is 0 Å². The molecule has 0 bridgehead atoms. The van der Waals surface area contributed by atoms with E-state index in [9.17, 15) is 4.21 Å². The third kappa shape index (κ3) is 7.72. The summed E-state index contributed by atoms with van der Waals surface area (Å²) in [6.45, 7) is 0. The minimum absolute atomic E-state index is 0. The average molecular weight is 367 g/mol. The third-order valence-corrected chi connectivity index (χ3v) is 2.96. The third-order valence-electron chi connectivity index (χ3n) is 2.11. The Bertz CT molecular complexity index is 581. The van der Waals surface area contributed by atoms with Crippen LogP contribution in [0.15, 0.2) is 53.4 Å². The second-order valence-electron chi connectivity index (χ2n) is 3.46. The Balaban J connectivity index is 0.00000141. The minimum Gasteiger partial charge on any atom is -0.564 e. The molecule has 2 aromatic carbocycles. The van der Waals surface area contributed by atoms with E-state index in [0.29, 0.717) is 10.6 Å². The van der Waals surface area contributed by atoms with Crippen molar-refractivity contribution >= 4 is 23.6 Å². The fourth-order valence-corrected chi connectivity index (χ4v) is 1.72. The maximum Gasteiger partial charge on any atom is 1.00 e. The zero-order chi connectivity index (χ0) is 15.7. The average Bonchev–Trinajstić information content (AvgIpc) is 2.52. The van der Waals surface area contributed by atoms with E-state index in [1.807, 2.05) is 0 Å². The molecule has 2 rings (SSSR count). The van der Waals surface area contributed by atoms with Crippen LogP contribution in [-0.4, -0.2) is 18.6 Å². The molecule has 0 aromatic heterocycles. The first-order chi connectivity index (χ1) is 10.1. The number of hydrogen-bond acceptors (Lipinski definition) is 7. The molecule has 0 heterocycles. The first-order valence-corrected chi connectivity index (χ1v) is 6.77. The van der Waals surface area contributed by atoms with Crippen LogP contribution in [0.5, 0.6) is 17.2 Å². The molecule has 0 saturated carbocycles. The fourth-order valence-electron chi connectivity index (χ4n) is 1.19. The number of hydrogen-bond donors (Lipinski definition) is 2. The number of benzene rings is 2. The molecule has 0 saturated heterocycles. The van der Waals surface area contributed by atoms with Crippen molar-refractivity contribution in [3.63, 3.8) is 0 Å². The Labute approximate surface area is 177 Å². The van der Waals surface area contributed by atoms with Gasteiger partial charge >= 0.3 is 51.4 Å². The second-order valence-corrected chi connectivity index (χ2v) is 4.55. The van der Waals surface area contributed by atoms with Crippen LogP contribution in [0.3, 0.4) is 0 Å². The molecule has 112 valence electrons. The SMILES string of the molecule is O=S.O=S(O[N-]Oc1ccc(O)cc1)c1ccc(O)cc1.[K+]. The van der Waals surface area contributed by atoms with E-state index in [1.165, 1.54) is 48.5 Å².